The van der Waals surface area contributed by atoms with Crippen LogP contribution in [0.5, 0.6) is 11.5 Å². The van der Waals surface area contributed by atoms with Crippen molar-refractivity contribution in [3.63, 3.8) is 0 Å². The summed E-state index contributed by atoms with van der Waals surface area (Å²) in [5, 5.41) is 17.4. The quantitative estimate of drug-likeness (QED) is 0.0588. The van der Waals surface area contributed by atoms with Crippen LogP contribution in [0.25, 0.3) is 21.9 Å². The number of nitrogens with zero attached hydrogens (tertiary/aromatic N) is 5. The topological polar surface area (TPSA) is 150 Å². The Morgan fingerprint density at radius 2 is 1.69 bits per heavy atom. The summed E-state index contributed by atoms with van der Waals surface area (Å²) in [5.74, 6) is -0.388. The first kappa shape index (κ1) is 41.1. The molecule has 0 saturated carbocycles. The Hall–Kier alpha value is -6.06. The summed E-state index contributed by atoms with van der Waals surface area (Å²) in [7, 11) is -0.693. The van der Waals surface area contributed by atoms with Crippen molar-refractivity contribution in [2.24, 2.45) is 0 Å². The second-order valence-corrected chi connectivity index (χ2v) is 16.7. The Kier molecular flexibility index (Phi) is 12.7. The van der Waals surface area contributed by atoms with Crippen LogP contribution >= 0.6 is 11.6 Å². The summed E-state index contributed by atoms with van der Waals surface area (Å²) in [6.07, 6.45) is 4.12. The third-order valence-electron chi connectivity index (χ3n) is 10.2. The number of pyridine rings is 1. The zero-order valence-corrected chi connectivity index (χ0v) is 34.2. The smallest absolute Gasteiger partial charge is 0.293 e. The van der Waals surface area contributed by atoms with Crippen molar-refractivity contribution < 1.29 is 22.9 Å². The zero-order valence-electron chi connectivity index (χ0n) is 32.7. The molecule has 5 aromatic carbocycles. The van der Waals surface area contributed by atoms with E-state index in [1.54, 1.807) is 36.7 Å². The van der Waals surface area contributed by atoms with Crippen LogP contribution < -0.4 is 19.7 Å². The number of nitro benzene ring substituents is 1. The highest BCUT2D eigenvalue weighted by Gasteiger charge is 2.27. The number of anilines is 2. The van der Waals surface area contributed by atoms with E-state index in [9.17, 15) is 23.3 Å². The van der Waals surface area contributed by atoms with Gasteiger partial charge in [-0.3, -0.25) is 24.8 Å². The summed E-state index contributed by atoms with van der Waals surface area (Å²) in [6.45, 7) is 4.93. The fourth-order valence-corrected chi connectivity index (χ4v) is 8.15. The molecule has 0 unspecified atom stereocenters. The molecule has 15 heteroatoms. The van der Waals surface area contributed by atoms with E-state index < -0.39 is 31.4 Å². The van der Waals surface area contributed by atoms with Crippen LogP contribution in [0.2, 0.25) is 5.02 Å². The van der Waals surface area contributed by atoms with Gasteiger partial charge in [-0.2, -0.15) is 0 Å². The Labute approximate surface area is 348 Å². The molecule has 304 valence electrons. The molecular formula is C44H44ClN7O6S. The highest BCUT2D eigenvalue weighted by molar-refractivity contribution is 7.90. The van der Waals surface area contributed by atoms with Gasteiger partial charge in [0.05, 0.1) is 15.4 Å². The molecule has 2 heterocycles. The van der Waals surface area contributed by atoms with Crippen molar-refractivity contribution >= 4 is 55.4 Å². The molecule has 6 aromatic rings. The third-order valence-corrected chi connectivity index (χ3v) is 11.7. The Morgan fingerprint density at radius 3 is 2.46 bits per heavy atom. The van der Waals surface area contributed by atoms with E-state index >= 15 is 0 Å². The zero-order chi connectivity index (χ0) is 41.5. The van der Waals surface area contributed by atoms with E-state index in [4.69, 9.17) is 16.3 Å². The number of ether oxygens (including phenoxy) is 1. The van der Waals surface area contributed by atoms with Crippen LogP contribution in [0, 0.1) is 10.1 Å². The first-order valence-corrected chi connectivity index (χ1v) is 21.0. The van der Waals surface area contributed by atoms with Gasteiger partial charge in [0.1, 0.15) is 17.2 Å². The van der Waals surface area contributed by atoms with Gasteiger partial charge in [-0.1, -0.05) is 54.1 Å². The molecule has 1 amide bonds. The van der Waals surface area contributed by atoms with Gasteiger partial charge in [0.25, 0.3) is 21.6 Å². The largest absolute Gasteiger partial charge is 0.456 e. The number of nitrogens with one attached hydrogen (secondary N) is 2. The van der Waals surface area contributed by atoms with Crippen LogP contribution in [0.4, 0.5) is 17.1 Å². The minimum atomic E-state index is -4.54. The lowest BCUT2D eigenvalue weighted by Crippen LogP contribution is -2.46. The summed E-state index contributed by atoms with van der Waals surface area (Å²) >= 11 is 6.15. The number of amides is 1. The lowest BCUT2D eigenvalue weighted by Gasteiger charge is -2.36. The van der Waals surface area contributed by atoms with Crippen molar-refractivity contribution in [2.75, 3.05) is 63.6 Å². The maximum Gasteiger partial charge on any atom is 0.293 e. The number of carbonyl (C=O) groups is 1. The summed E-state index contributed by atoms with van der Waals surface area (Å²) in [6, 6.07) is 32.1. The van der Waals surface area contributed by atoms with Gasteiger partial charge in [0.2, 0.25) is 0 Å². The summed E-state index contributed by atoms with van der Waals surface area (Å²) in [5.41, 5.74) is 4.01. The Bertz CT molecular complexity index is 2580. The molecular weight excluding hydrogens is 790 g/mol. The van der Waals surface area contributed by atoms with E-state index in [0.717, 1.165) is 66.3 Å². The first-order chi connectivity index (χ1) is 28.4. The van der Waals surface area contributed by atoms with Crippen molar-refractivity contribution in [1.82, 2.24) is 19.5 Å². The van der Waals surface area contributed by atoms with Gasteiger partial charge in [-0.25, -0.2) is 13.1 Å². The molecule has 2 N–H and O–H groups in total. The standard InChI is InChI=1S/C44H44ClN7O6S/c1-49(2)21-5-19-47-41-17-15-38(28-42(41)52(54)55)59(56,57)48-44(53)40-16-13-36(27-43(40)58-37-14-10-31-18-20-46-29-34(31)26-37)51-24-22-50(23-25-51)30-33-6-3-4-7-39(33)32-8-11-35(45)12-9-32/h3-4,6-18,20,26-29,47H,5,19,21-25,30H2,1-2H3,(H,48,53). The number of carbonyl (C=O) groups excluding carboxylic acids is 1. The lowest BCUT2D eigenvalue weighted by atomic mass is 9.99. The van der Waals surface area contributed by atoms with Gasteiger partial charge in [-0.05, 0) is 104 Å². The maximum atomic E-state index is 13.9. The highest BCUT2D eigenvalue weighted by atomic mass is 35.5. The van der Waals surface area contributed by atoms with E-state index in [1.807, 2.05) is 67.5 Å². The highest BCUT2D eigenvalue weighted by Crippen LogP contribution is 2.34. The fraction of sp³-hybridized carbons (Fsp3) is 0.227. The SMILES string of the molecule is CN(C)CCCNc1ccc(S(=O)(=O)NC(=O)c2ccc(N3CCN(Cc4ccccc4-c4ccc(Cl)cc4)CC3)cc2Oc2ccc3ccncc3c2)cc1[N+](=O)[O-]. The van der Waals surface area contributed by atoms with Crippen LogP contribution in [-0.2, 0) is 16.6 Å². The molecule has 1 fully saturated rings. The predicted octanol–water partition coefficient (Wildman–Crippen LogP) is 8.06. The summed E-state index contributed by atoms with van der Waals surface area (Å²) < 4.78 is 35.7. The van der Waals surface area contributed by atoms with Crippen LogP contribution in [0.15, 0.2) is 126 Å². The predicted molar refractivity (Wildman–Crippen MR) is 232 cm³/mol. The third kappa shape index (κ3) is 10.2. The average Bonchev–Trinajstić information content (AvgIpc) is 3.23. The number of fused-ring (bicyclic) bond motifs is 1. The number of hydrogen-bond acceptors (Lipinski definition) is 11. The van der Waals surface area contributed by atoms with Crippen molar-refractivity contribution in [3.8, 4) is 22.6 Å². The van der Waals surface area contributed by atoms with E-state index in [2.05, 4.69) is 37.0 Å². The normalized spacial score (nSPS) is 13.4. The molecule has 0 radical (unpaired) electrons. The van der Waals surface area contributed by atoms with Gasteiger partial charge in [0.15, 0.2) is 0 Å². The number of sulfonamides is 1. The minimum absolute atomic E-state index is 0.0327. The van der Waals surface area contributed by atoms with E-state index in [-0.39, 0.29) is 17.0 Å². The molecule has 0 spiro atoms. The number of hydrogen-bond donors (Lipinski definition) is 2. The first-order valence-electron chi connectivity index (χ1n) is 19.1. The molecule has 0 atom stereocenters. The van der Waals surface area contributed by atoms with Crippen molar-refractivity contribution in [3.05, 3.63) is 148 Å². The molecule has 59 heavy (non-hydrogen) atoms. The van der Waals surface area contributed by atoms with Crippen molar-refractivity contribution in [2.45, 2.75) is 17.9 Å². The monoisotopic (exact) mass is 833 g/mol. The molecule has 7 rings (SSSR count). The molecule has 1 aromatic heterocycles. The Balaban J connectivity index is 1.10. The molecule has 1 aliphatic rings. The Morgan fingerprint density at radius 1 is 0.915 bits per heavy atom. The van der Waals surface area contributed by atoms with E-state index in [0.29, 0.717) is 30.4 Å². The summed E-state index contributed by atoms with van der Waals surface area (Å²) in [4.78, 5) is 35.6. The van der Waals surface area contributed by atoms with Gasteiger partial charge in [0, 0.05) is 79.9 Å². The lowest BCUT2D eigenvalue weighted by molar-refractivity contribution is -0.384. The number of rotatable bonds is 15. The second-order valence-electron chi connectivity index (χ2n) is 14.5. The molecule has 0 aliphatic carbocycles. The number of benzene rings is 5. The van der Waals surface area contributed by atoms with Crippen molar-refractivity contribution in [1.29, 1.82) is 0 Å². The number of halogens is 1. The van der Waals surface area contributed by atoms with Gasteiger partial charge in [-0.15, -0.1) is 0 Å². The fourth-order valence-electron chi connectivity index (χ4n) is 7.04. The number of nitro groups is 1. The van der Waals surface area contributed by atoms with Crippen LogP contribution in [-0.4, -0.2) is 87.4 Å². The molecule has 0 bridgehead atoms. The molecule has 1 saturated heterocycles. The average molecular weight is 834 g/mol. The maximum absolute atomic E-state index is 13.9. The van der Waals surface area contributed by atoms with Crippen LogP contribution in [0.3, 0.4) is 0 Å². The number of aromatic nitrogens is 1. The second kappa shape index (κ2) is 18.2. The van der Waals surface area contributed by atoms with Gasteiger partial charge >= 0.3 is 0 Å². The van der Waals surface area contributed by atoms with Crippen LogP contribution in [0.1, 0.15) is 22.3 Å². The molecule has 1 aliphatic heterocycles. The van der Waals surface area contributed by atoms with E-state index in [1.165, 1.54) is 23.8 Å². The number of piperazine rings is 1. The molecule has 13 nitrogen and oxygen atoms in total. The van der Waals surface area contributed by atoms with Gasteiger partial charge < -0.3 is 19.9 Å². The minimum Gasteiger partial charge on any atom is -0.456 e.